The summed E-state index contributed by atoms with van der Waals surface area (Å²) in [5, 5.41) is 9.13. The second-order valence-corrected chi connectivity index (χ2v) is 7.35. The number of amides is 1. The van der Waals surface area contributed by atoms with Crippen LogP contribution in [0.5, 0.6) is 0 Å². The number of halogens is 3. The fraction of sp³-hybridized carbons (Fsp3) is 0.500. The number of rotatable bonds is 3. The molecule has 2 aliphatic rings. The number of aliphatic carboxylic acids is 1. The van der Waals surface area contributed by atoms with Crippen LogP contribution in [0.15, 0.2) is 24.3 Å². The van der Waals surface area contributed by atoms with Crippen molar-refractivity contribution in [1.82, 2.24) is 14.5 Å². The molecule has 1 spiro atoms. The molecule has 1 aromatic heterocycles. The van der Waals surface area contributed by atoms with Crippen LogP contribution in [0.4, 0.5) is 13.2 Å². The highest BCUT2D eigenvalue weighted by molar-refractivity contribution is 5.81. The van der Waals surface area contributed by atoms with E-state index in [-0.39, 0.29) is 22.4 Å². The largest absolute Gasteiger partial charge is 0.481 e. The fourth-order valence-electron chi connectivity index (χ4n) is 4.14. The van der Waals surface area contributed by atoms with Crippen molar-refractivity contribution in [3.05, 3.63) is 30.1 Å². The fourth-order valence-corrected chi connectivity index (χ4v) is 4.14. The minimum absolute atomic E-state index is 0.192. The number of carboxylic acid groups (broad SMARTS) is 1. The number of carboxylic acids is 1. The maximum atomic E-state index is 13.3. The molecule has 1 saturated carbocycles. The zero-order valence-electron chi connectivity index (χ0n) is 14.4. The van der Waals surface area contributed by atoms with E-state index in [0.717, 1.165) is 4.57 Å². The lowest BCUT2D eigenvalue weighted by Gasteiger charge is -2.33. The number of hydrogen-bond acceptors (Lipinski definition) is 3. The van der Waals surface area contributed by atoms with E-state index in [4.69, 9.17) is 5.11 Å². The van der Waals surface area contributed by atoms with Crippen LogP contribution in [0.1, 0.15) is 25.1 Å². The molecular formula is C18H18F3N3O3. The highest BCUT2D eigenvalue weighted by Crippen LogP contribution is 2.59. The maximum absolute atomic E-state index is 13.3. The van der Waals surface area contributed by atoms with Gasteiger partial charge in [-0.05, 0) is 36.8 Å². The normalized spacial score (nSPS) is 21.6. The first-order chi connectivity index (χ1) is 12.7. The molecule has 1 atom stereocenters. The minimum Gasteiger partial charge on any atom is -0.481 e. The van der Waals surface area contributed by atoms with E-state index in [1.165, 1.54) is 17.0 Å². The molecule has 2 aromatic rings. The summed E-state index contributed by atoms with van der Waals surface area (Å²) in [6.45, 7) is 0.303. The number of likely N-dealkylation sites (tertiary alicyclic amines) is 1. The number of carbonyl (C=O) groups excluding carboxylic acids is 1. The Hall–Kier alpha value is -2.58. The third-order valence-corrected chi connectivity index (χ3v) is 5.80. The van der Waals surface area contributed by atoms with Gasteiger partial charge < -0.3 is 14.6 Å². The summed E-state index contributed by atoms with van der Waals surface area (Å²) in [6.07, 6.45) is -2.89. The highest BCUT2D eigenvalue weighted by Gasteiger charge is 2.59. The monoisotopic (exact) mass is 381 g/mol. The molecule has 2 heterocycles. The summed E-state index contributed by atoms with van der Waals surface area (Å²) >= 11 is 0. The molecule has 0 radical (unpaired) electrons. The van der Waals surface area contributed by atoms with Gasteiger partial charge in [-0.3, -0.25) is 9.59 Å². The average Bonchev–Trinajstić information content (AvgIpc) is 3.18. The van der Waals surface area contributed by atoms with Crippen LogP contribution in [0.3, 0.4) is 0 Å². The molecule has 6 nitrogen and oxygen atoms in total. The quantitative estimate of drug-likeness (QED) is 0.887. The molecule has 1 amide bonds. The first-order valence-corrected chi connectivity index (χ1v) is 8.74. The smallest absolute Gasteiger partial charge is 0.449 e. The van der Waals surface area contributed by atoms with Gasteiger partial charge in [0.1, 0.15) is 6.54 Å². The molecule has 9 heteroatoms. The first kappa shape index (κ1) is 17.8. The molecule has 1 aliphatic carbocycles. The number of benzene rings is 1. The van der Waals surface area contributed by atoms with Crippen molar-refractivity contribution >= 4 is 22.9 Å². The van der Waals surface area contributed by atoms with Crippen LogP contribution in [-0.4, -0.2) is 44.5 Å². The van der Waals surface area contributed by atoms with Gasteiger partial charge in [0.2, 0.25) is 11.7 Å². The van der Waals surface area contributed by atoms with E-state index in [9.17, 15) is 22.8 Å². The van der Waals surface area contributed by atoms with Gasteiger partial charge in [0.05, 0.1) is 17.0 Å². The van der Waals surface area contributed by atoms with Crippen molar-refractivity contribution in [1.29, 1.82) is 0 Å². The Bertz CT molecular complexity index is 913. The van der Waals surface area contributed by atoms with Gasteiger partial charge in [0.15, 0.2) is 0 Å². The van der Waals surface area contributed by atoms with Gasteiger partial charge in [-0.1, -0.05) is 12.1 Å². The minimum atomic E-state index is -4.66. The van der Waals surface area contributed by atoms with E-state index >= 15 is 0 Å². The van der Waals surface area contributed by atoms with Crippen molar-refractivity contribution in [3.63, 3.8) is 0 Å². The maximum Gasteiger partial charge on any atom is 0.449 e. The summed E-state index contributed by atoms with van der Waals surface area (Å²) in [4.78, 5) is 28.9. The zero-order chi connectivity index (χ0) is 19.4. The third kappa shape index (κ3) is 3.04. The Morgan fingerprint density at radius 1 is 1.22 bits per heavy atom. The molecule has 144 valence electrons. The van der Waals surface area contributed by atoms with Gasteiger partial charge in [-0.15, -0.1) is 0 Å². The van der Waals surface area contributed by atoms with Crippen LogP contribution in [0.25, 0.3) is 11.0 Å². The first-order valence-electron chi connectivity index (χ1n) is 8.74. The number of para-hydroxylation sites is 2. The Kier molecular flexibility index (Phi) is 3.94. The number of alkyl halides is 3. The summed E-state index contributed by atoms with van der Waals surface area (Å²) < 4.78 is 40.9. The van der Waals surface area contributed by atoms with Crippen LogP contribution in [-0.2, 0) is 22.3 Å². The lowest BCUT2D eigenvalue weighted by molar-refractivity contribution is -0.148. The van der Waals surface area contributed by atoms with E-state index < -0.39 is 30.4 Å². The van der Waals surface area contributed by atoms with E-state index in [0.29, 0.717) is 32.4 Å². The van der Waals surface area contributed by atoms with Gasteiger partial charge in [0, 0.05) is 13.1 Å². The van der Waals surface area contributed by atoms with Crippen molar-refractivity contribution in [2.75, 3.05) is 13.1 Å². The van der Waals surface area contributed by atoms with Gasteiger partial charge in [0.25, 0.3) is 0 Å². The number of nitrogens with zero attached hydrogens (tertiary/aromatic N) is 3. The summed E-state index contributed by atoms with van der Waals surface area (Å²) in [7, 11) is 0. The molecular weight excluding hydrogens is 363 g/mol. The lowest BCUT2D eigenvalue weighted by Crippen LogP contribution is -2.41. The Morgan fingerprint density at radius 3 is 2.48 bits per heavy atom. The second kappa shape index (κ2) is 5.97. The predicted octanol–water partition coefficient (Wildman–Crippen LogP) is 2.77. The van der Waals surface area contributed by atoms with E-state index in [1.807, 2.05) is 0 Å². The third-order valence-electron chi connectivity index (χ3n) is 5.80. The predicted molar refractivity (Wildman–Crippen MR) is 88.7 cm³/mol. The van der Waals surface area contributed by atoms with Crippen LogP contribution in [0.2, 0.25) is 0 Å². The van der Waals surface area contributed by atoms with Gasteiger partial charge in [-0.25, -0.2) is 4.98 Å². The topological polar surface area (TPSA) is 75.4 Å². The van der Waals surface area contributed by atoms with Crippen molar-refractivity contribution in [2.24, 2.45) is 11.3 Å². The number of fused-ring (bicyclic) bond motifs is 1. The molecule has 27 heavy (non-hydrogen) atoms. The molecule has 1 saturated heterocycles. The van der Waals surface area contributed by atoms with E-state index in [1.54, 1.807) is 12.1 Å². The Balaban J connectivity index is 1.52. The standard InChI is InChI=1S/C18H18F3N3O3/c19-18(20,21)16-22-12-3-1-2-4-13(12)24(16)10-14(25)23-7-5-17(6-8-23)9-11(17)15(26)27/h1-4,11H,5-10H2,(H,26,27). The second-order valence-electron chi connectivity index (χ2n) is 7.35. The molecule has 4 rings (SSSR count). The Morgan fingerprint density at radius 2 is 1.89 bits per heavy atom. The Labute approximate surface area is 152 Å². The molecule has 0 bridgehead atoms. The molecule has 2 fully saturated rings. The molecule has 1 aliphatic heterocycles. The summed E-state index contributed by atoms with van der Waals surface area (Å²) in [5.41, 5.74) is 0.221. The zero-order valence-corrected chi connectivity index (χ0v) is 14.4. The van der Waals surface area contributed by atoms with Crippen LogP contribution in [0, 0.1) is 11.3 Å². The summed E-state index contributed by atoms with van der Waals surface area (Å²) in [6, 6.07) is 6.20. The van der Waals surface area contributed by atoms with Gasteiger partial charge in [-0.2, -0.15) is 13.2 Å². The summed E-state index contributed by atoms with van der Waals surface area (Å²) in [5.74, 6) is -2.66. The molecule has 1 aromatic carbocycles. The van der Waals surface area contributed by atoms with Gasteiger partial charge >= 0.3 is 12.1 Å². The number of carbonyl (C=O) groups is 2. The van der Waals surface area contributed by atoms with E-state index in [2.05, 4.69) is 4.98 Å². The van der Waals surface area contributed by atoms with Crippen molar-refractivity contribution in [2.45, 2.75) is 32.0 Å². The van der Waals surface area contributed by atoms with Crippen molar-refractivity contribution in [3.8, 4) is 0 Å². The number of hydrogen-bond donors (Lipinski definition) is 1. The number of imidazole rings is 1. The molecule has 1 unspecified atom stereocenters. The highest BCUT2D eigenvalue weighted by atomic mass is 19.4. The lowest BCUT2D eigenvalue weighted by atomic mass is 9.91. The number of aromatic nitrogens is 2. The number of piperidine rings is 1. The SMILES string of the molecule is O=C(O)C1CC12CCN(C(=O)Cn1c(C(F)(F)F)nc3ccccc31)CC2. The molecule has 1 N–H and O–H groups in total. The van der Waals surface area contributed by atoms with Crippen LogP contribution >= 0.6 is 0 Å². The van der Waals surface area contributed by atoms with Crippen molar-refractivity contribution < 1.29 is 27.9 Å². The van der Waals surface area contributed by atoms with Crippen LogP contribution < -0.4 is 0 Å². The average molecular weight is 381 g/mol.